The van der Waals surface area contributed by atoms with E-state index in [9.17, 15) is 4.79 Å². The van der Waals surface area contributed by atoms with Crippen LogP contribution in [0.3, 0.4) is 0 Å². The Morgan fingerprint density at radius 2 is 2.13 bits per heavy atom. The van der Waals surface area contributed by atoms with Gasteiger partial charge in [0.15, 0.2) is 0 Å². The molecule has 0 atom stereocenters. The van der Waals surface area contributed by atoms with E-state index in [1.807, 2.05) is 12.3 Å². The second kappa shape index (κ2) is 5.66. The summed E-state index contributed by atoms with van der Waals surface area (Å²) in [6.45, 7) is 0. The lowest BCUT2D eigenvalue weighted by Crippen LogP contribution is -2.06. The zero-order valence-electron chi connectivity index (χ0n) is 9.07. The van der Waals surface area contributed by atoms with Crippen LogP contribution in [0.25, 0.3) is 0 Å². The third-order valence-electron chi connectivity index (χ3n) is 2.05. The highest BCUT2D eigenvalue weighted by Crippen LogP contribution is 2.26. The molecule has 0 bridgehead atoms. The highest BCUT2D eigenvalue weighted by atomic mass is 32.2. The maximum absolute atomic E-state index is 11.5. The van der Waals surface area contributed by atoms with E-state index in [1.54, 1.807) is 31.0 Å². The zero-order valence-corrected chi connectivity index (χ0v) is 9.89. The minimum absolute atomic E-state index is 0.321. The van der Waals surface area contributed by atoms with Gasteiger partial charge in [0.05, 0.1) is 19.8 Å². The lowest BCUT2D eigenvalue weighted by atomic mass is 10.1. The van der Waals surface area contributed by atoms with Crippen LogP contribution in [0.4, 0.5) is 0 Å². The van der Waals surface area contributed by atoms with Crippen LogP contribution in [0, 0.1) is 0 Å². The molecule has 1 aromatic rings. The average molecular weight is 226 g/mol. The monoisotopic (exact) mass is 226 g/mol. The minimum atomic E-state index is -0.321. The zero-order chi connectivity index (χ0) is 11.3. The van der Waals surface area contributed by atoms with Crippen molar-refractivity contribution in [3.63, 3.8) is 0 Å². The minimum Gasteiger partial charge on any atom is -0.496 e. The summed E-state index contributed by atoms with van der Waals surface area (Å²) in [6.07, 6.45) is 1.98. The third kappa shape index (κ3) is 2.65. The van der Waals surface area contributed by atoms with Crippen molar-refractivity contribution in [3.05, 3.63) is 29.3 Å². The lowest BCUT2D eigenvalue weighted by Gasteiger charge is -2.11. The van der Waals surface area contributed by atoms with E-state index in [0.29, 0.717) is 5.56 Å². The Kier molecular flexibility index (Phi) is 4.49. The topological polar surface area (TPSA) is 35.5 Å². The Hall–Kier alpha value is -1.16. The predicted octanol–water partition coefficient (Wildman–Crippen LogP) is 2.34. The van der Waals surface area contributed by atoms with Crippen LogP contribution in [0.5, 0.6) is 5.75 Å². The number of esters is 1. The molecule has 1 rings (SSSR count). The Labute approximate surface area is 93.8 Å². The first-order valence-electron chi connectivity index (χ1n) is 4.47. The van der Waals surface area contributed by atoms with Gasteiger partial charge in [-0.15, -0.1) is 0 Å². The number of methoxy groups -OCH3 is 2. The van der Waals surface area contributed by atoms with Gasteiger partial charge in [0.25, 0.3) is 0 Å². The molecule has 82 valence electrons. The van der Waals surface area contributed by atoms with Crippen LogP contribution in [-0.2, 0) is 10.5 Å². The van der Waals surface area contributed by atoms with E-state index in [2.05, 4.69) is 0 Å². The van der Waals surface area contributed by atoms with Crippen LogP contribution in [0.2, 0.25) is 0 Å². The standard InChI is InChI=1S/C11H14O3S/c1-13-10-6-4-5-8(11(12)14-2)9(10)7-15-3/h4-6H,7H2,1-3H3. The van der Waals surface area contributed by atoms with Gasteiger partial charge in [-0.3, -0.25) is 0 Å². The van der Waals surface area contributed by atoms with E-state index in [1.165, 1.54) is 7.11 Å². The van der Waals surface area contributed by atoms with Gasteiger partial charge in [-0.25, -0.2) is 4.79 Å². The molecule has 4 heteroatoms. The molecule has 0 heterocycles. The average Bonchev–Trinajstić information content (AvgIpc) is 2.28. The first-order valence-corrected chi connectivity index (χ1v) is 5.87. The van der Waals surface area contributed by atoms with Gasteiger partial charge < -0.3 is 9.47 Å². The highest BCUT2D eigenvalue weighted by molar-refractivity contribution is 7.97. The van der Waals surface area contributed by atoms with Crippen molar-refractivity contribution in [1.82, 2.24) is 0 Å². The second-order valence-electron chi connectivity index (χ2n) is 2.91. The molecular weight excluding hydrogens is 212 g/mol. The fourth-order valence-electron chi connectivity index (χ4n) is 1.35. The molecule has 0 aliphatic carbocycles. The molecule has 1 aromatic carbocycles. The molecule has 0 aromatic heterocycles. The van der Waals surface area contributed by atoms with Crippen LogP contribution < -0.4 is 4.74 Å². The van der Waals surface area contributed by atoms with Crippen LogP contribution in [0.15, 0.2) is 18.2 Å². The Morgan fingerprint density at radius 1 is 1.40 bits per heavy atom. The maximum atomic E-state index is 11.5. The number of thioether (sulfide) groups is 1. The molecule has 0 fully saturated rings. The molecule has 15 heavy (non-hydrogen) atoms. The van der Waals surface area contributed by atoms with E-state index < -0.39 is 0 Å². The molecular formula is C11H14O3S. The van der Waals surface area contributed by atoms with Crippen molar-refractivity contribution in [2.24, 2.45) is 0 Å². The first kappa shape index (κ1) is 11.9. The van der Waals surface area contributed by atoms with E-state index in [0.717, 1.165) is 17.1 Å². The quantitative estimate of drug-likeness (QED) is 0.738. The van der Waals surface area contributed by atoms with Gasteiger partial charge in [0, 0.05) is 11.3 Å². The predicted molar refractivity (Wildman–Crippen MR) is 61.6 cm³/mol. The molecule has 0 saturated heterocycles. The van der Waals surface area contributed by atoms with Crippen molar-refractivity contribution >= 4 is 17.7 Å². The van der Waals surface area contributed by atoms with Gasteiger partial charge in [0.2, 0.25) is 0 Å². The summed E-state index contributed by atoms with van der Waals surface area (Å²) >= 11 is 1.64. The highest BCUT2D eigenvalue weighted by Gasteiger charge is 2.14. The van der Waals surface area contributed by atoms with E-state index >= 15 is 0 Å². The molecule has 0 spiro atoms. The largest absolute Gasteiger partial charge is 0.496 e. The number of rotatable bonds is 4. The van der Waals surface area contributed by atoms with Crippen molar-refractivity contribution in [2.75, 3.05) is 20.5 Å². The van der Waals surface area contributed by atoms with Gasteiger partial charge in [-0.2, -0.15) is 11.8 Å². The van der Waals surface area contributed by atoms with Crippen LogP contribution in [0.1, 0.15) is 15.9 Å². The summed E-state index contributed by atoms with van der Waals surface area (Å²) in [5.74, 6) is 1.14. The SMILES string of the molecule is COC(=O)c1cccc(OC)c1CSC. The summed E-state index contributed by atoms with van der Waals surface area (Å²) in [6, 6.07) is 5.38. The van der Waals surface area contributed by atoms with Gasteiger partial charge in [-0.1, -0.05) is 6.07 Å². The number of hydrogen-bond acceptors (Lipinski definition) is 4. The molecule has 0 N–H and O–H groups in total. The smallest absolute Gasteiger partial charge is 0.338 e. The fraction of sp³-hybridized carbons (Fsp3) is 0.364. The molecule has 0 amide bonds. The first-order chi connectivity index (χ1) is 7.24. The van der Waals surface area contributed by atoms with Crippen molar-refractivity contribution in [1.29, 1.82) is 0 Å². The number of benzene rings is 1. The number of carbonyl (C=O) groups excluding carboxylic acids is 1. The molecule has 0 radical (unpaired) electrons. The van der Waals surface area contributed by atoms with Gasteiger partial charge >= 0.3 is 5.97 Å². The normalized spacial score (nSPS) is 9.80. The maximum Gasteiger partial charge on any atom is 0.338 e. The third-order valence-corrected chi connectivity index (χ3v) is 2.62. The number of hydrogen-bond donors (Lipinski definition) is 0. The summed E-state index contributed by atoms with van der Waals surface area (Å²) in [7, 11) is 2.98. The Bertz CT molecular complexity index is 350. The van der Waals surface area contributed by atoms with E-state index in [4.69, 9.17) is 9.47 Å². The molecule has 0 saturated carbocycles. The van der Waals surface area contributed by atoms with Crippen LogP contribution in [-0.4, -0.2) is 26.4 Å². The van der Waals surface area contributed by atoms with Crippen molar-refractivity contribution in [2.45, 2.75) is 5.75 Å². The van der Waals surface area contributed by atoms with Gasteiger partial charge in [-0.05, 0) is 18.4 Å². The molecule has 0 aliphatic heterocycles. The Morgan fingerprint density at radius 3 is 2.67 bits per heavy atom. The molecule has 0 unspecified atom stereocenters. The molecule has 0 aliphatic rings. The summed E-state index contributed by atoms with van der Waals surface area (Å²) < 4.78 is 9.93. The van der Waals surface area contributed by atoms with Crippen LogP contribution >= 0.6 is 11.8 Å². The molecule has 3 nitrogen and oxygen atoms in total. The van der Waals surface area contributed by atoms with Gasteiger partial charge in [0.1, 0.15) is 5.75 Å². The number of carbonyl (C=O) groups is 1. The van der Waals surface area contributed by atoms with Crippen molar-refractivity contribution in [3.8, 4) is 5.75 Å². The number of ether oxygens (including phenoxy) is 2. The lowest BCUT2D eigenvalue weighted by molar-refractivity contribution is 0.0599. The Balaban J connectivity index is 3.18. The summed E-state index contributed by atoms with van der Waals surface area (Å²) in [4.78, 5) is 11.5. The van der Waals surface area contributed by atoms with E-state index in [-0.39, 0.29) is 5.97 Å². The summed E-state index contributed by atoms with van der Waals surface area (Å²) in [5, 5.41) is 0. The second-order valence-corrected chi connectivity index (χ2v) is 3.78. The van der Waals surface area contributed by atoms with Crippen molar-refractivity contribution < 1.29 is 14.3 Å². The fourth-order valence-corrected chi connectivity index (χ4v) is 1.94. The summed E-state index contributed by atoms with van der Waals surface area (Å²) in [5.41, 5.74) is 1.46.